The van der Waals surface area contributed by atoms with Gasteiger partial charge in [-0.25, -0.2) is 8.42 Å². The van der Waals surface area contributed by atoms with Crippen LogP contribution < -0.4 is 10.2 Å². The second kappa shape index (κ2) is 5.94. The number of sulfone groups is 1. The number of rotatable bonds is 2. The van der Waals surface area contributed by atoms with Crippen molar-refractivity contribution in [1.29, 1.82) is 0 Å². The Hall–Kier alpha value is -2.34. The van der Waals surface area contributed by atoms with Crippen LogP contribution in [0.25, 0.3) is 11.1 Å². The van der Waals surface area contributed by atoms with Gasteiger partial charge in [-0.1, -0.05) is 18.2 Å². The van der Waals surface area contributed by atoms with Gasteiger partial charge in [0.2, 0.25) is 5.91 Å². The standard InChI is InChI=1S/C18H20N2O3S/c1-12-11-19-17-10-15(6-9-18(17)20(12)13(2)21)14-4-7-16(8-5-14)24(3,22)23/h4-10,12,19H,11H2,1-3H3. The molecule has 1 atom stereocenters. The molecule has 24 heavy (non-hydrogen) atoms. The molecule has 1 aliphatic rings. The van der Waals surface area contributed by atoms with Gasteiger partial charge in [-0.3, -0.25) is 4.79 Å². The maximum absolute atomic E-state index is 11.9. The fraction of sp³-hybridized carbons (Fsp3) is 0.278. The lowest BCUT2D eigenvalue weighted by atomic mass is 10.0. The molecule has 6 heteroatoms. The van der Waals surface area contributed by atoms with E-state index in [1.165, 1.54) is 6.26 Å². The van der Waals surface area contributed by atoms with Crippen LogP contribution in [-0.2, 0) is 14.6 Å². The highest BCUT2D eigenvalue weighted by molar-refractivity contribution is 7.90. The number of carbonyl (C=O) groups excluding carboxylic acids is 1. The molecule has 0 spiro atoms. The van der Waals surface area contributed by atoms with E-state index in [0.717, 1.165) is 22.5 Å². The molecule has 2 aromatic rings. The summed E-state index contributed by atoms with van der Waals surface area (Å²) in [5.74, 6) is 0.0236. The number of anilines is 2. The van der Waals surface area contributed by atoms with Crippen molar-refractivity contribution in [1.82, 2.24) is 0 Å². The maximum atomic E-state index is 11.9. The van der Waals surface area contributed by atoms with Gasteiger partial charge in [-0.05, 0) is 42.3 Å². The van der Waals surface area contributed by atoms with Crippen LogP contribution in [0, 0.1) is 0 Å². The lowest BCUT2D eigenvalue weighted by Crippen LogP contribution is -2.44. The molecule has 0 saturated carbocycles. The molecule has 0 fully saturated rings. The molecule has 1 amide bonds. The fourth-order valence-electron chi connectivity index (χ4n) is 3.03. The molecule has 1 N–H and O–H groups in total. The summed E-state index contributed by atoms with van der Waals surface area (Å²) in [5.41, 5.74) is 3.69. The zero-order chi connectivity index (χ0) is 17.5. The number of amides is 1. The molecule has 1 aliphatic heterocycles. The van der Waals surface area contributed by atoms with Gasteiger partial charge in [-0.2, -0.15) is 0 Å². The number of fused-ring (bicyclic) bond motifs is 1. The van der Waals surface area contributed by atoms with Crippen molar-refractivity contribution in [2.75, 3.05) is 23.0 Å². The van der Waals surface area contributed by atoms with Gasteiger partial charge in [0.25, 0.3) is 0 Å². The Kier molecular flexibility index (Phi) is 4.09. The van der Waals surface area contributed by atoms with Crippen LogP contribution >= 0.6 is 0 Å². The van der Waals surface area contributed by atoms with E-state index in [0.29, 0.717) is 11.4 Å². The Morgan fingerprint density at radius 3 is 2.33 bits per heavy atom. The Bertz CT molecular complexity index is 889. The largest absolute Gasteiger partial charge is 0.381 e. The molecule has 126 valence electrons. The van der Waals surface area contributed by atoms with E-state index >= 15 is 0 Å². The number of nitrogens with zero attached hydrogens (tertiary/aromatic N) is 1. The number of benzene rings is 2. The first kappa shape index (κ1) is 16.5. The second-order valence-corrected chi connectivity index (χ2v) is 8.16. The minimum absolute atomic E-state index is 0.0236. The molecule has 0 aromatic heterocycles. The normalized spacial score (nSPS) is 17.1. The number of nitrogens with one attached hydrogen (secondary N) is 1. The highest BCUT2D eigenvalue weighted by Gasteiger charge is 2.26. The topological polar surface area (TPSA) is 66.5 Å². The number of hydrogen-bond donors (Lipinski definition) is 1. The average Bonchev–Trinajstić information content (AvgIpc) is 2.53. The van der Waals surface area contributed by atoms with Gasteiger partial charge >= 0.3 is 0 Å². The molecule has 0 radical (unpaired) electrons. The summed E-state index contributed by atoms with van der Waals surface area (Å²) in [5, 5.41) is 3.35. The van der Waals surface area contributed by atoms with Crippen LogP contribution in [0.5, 0.6) is 0 Å². The Morgan fingerprint density at radius 1 is 1.12 bits per heavy atom. The first-order valence-corrected chi connectivity index (χ1v) is 9.65. The summed E-state index contributed by atoms with van der Waals surface area (Å²) in [6.07, 6.45) is 1.20. The summed E-state index contributed by atoms with van der Waals surface area (Å²) in [4.78, 5) is 14.0. The number of carbonyl (C=O) groups is 1. The van der Waals surface area contributed by atoms with Crippen molar-refractivity contribution in [2.24, 2.45) is 0 Å². The molecule has 0 saturated heterocycles. The second-order valence-electron chi connectivity index (χ2n) is 6.15. The van der Waals surface area contributed by atoms with Crippen molar-refractivity contribution in [3.63, 3.8) is 0 Å². The van der Waals surface area contributed by atoms with Gasteiger partial charge in [0.15, 0.2) is 9.84 Å². The van der Waals surface area contributed by atoms with Crippen molar-refractivity contribution < 1.29 is 13.2 Å². The Labute approximate surface area is 142 Å². The van der Waals surface area contributed by atoms with Crippen LogP contribution in [0.15, 0.2) is 47.4 Å². The van der Waals surface area contributed by atoms with Crippen LogP contribution in [0.2, 0.25) is 0 Å². The van der Waals surface area contributed by atoms with E-state index in [9.17, 15) is 13.2 Å². The van der Waals surface area contributed by atoms with Crippen molar-refractivity contribution in [3.8, 4) is 11.1 Å². The minimum Gasteiger partial charge on any atom is -0.381 e. The van der Waals surface area contributed by atoms with Crippen molar-refractivity contribution in [2.45, 2.75) is 24.8 Å². The molecule has 1 heterocycles. The lowest BCUT2D eigenvalue weighted by molar-refractivity contribution is -0.116. The van der Waals surface area contributed by atoms with E-state index in [-0.39, 0.29) is 11.9 Å². The van der Waals surface area contributed by atoms with E-state index < -0.39 is 9.84 Å². The highest BCUT2D eigenvalue weighted by atomic mass is 32.2. The van der Waals surface area contributed by atoms with Crippen LogP contribution in [-0.4, -0.2) is 33.2 Å². The third kappa shape index (κ3) is 3.01. The molecule has 3 rings (SSSR count). The van der Waals surface area contributed by atoms with Crippen molar-refractivity contribution in [3.05, 3.63) is 42.5 Å². The number of hydrogen-bond acceptors (Lipinski definition) is 4. The molecular formula is C18H20N2O3S. The van der Waals surface area contributed by atoms with Gasteiger partial charge in [-0.15, -0.1) is 0 Å². The van der Waals surface area contributed by atoms with E-state index in [2.05, 4.69) is 5.32 Å². The zero-order valence-electron chi connectivity index (χ0n) is 13.9. The lowest BCUT2D eigenvalue weighted by Gasteiger charge is -2.35. The van der Waals surface area contributed by atoms with Crippen molar-refractivity contribution >= 4 is 27.1 Å². The molecule has 0 aliphatic carbocycles. The smallest absolute Gasteiger partial charge is 0.224 e. The zero-order valence-corrected chi connectivity index (χ0v) is 14.7. The third-order valence-electron chi connectivity index (χ3n) is 4.24. The first-order valence-electron chi connectivity index (χ1n) is 7.75. The monoisotopic (exact) mass is 344 g/mol. The Morgan fingerprint density at radius 2 is 1.75 bits per heavy atom. The van der Waals surface area contributed by atoms with Crippen LogP contribution in [0.1, 0.15) is 13.8 Å². The first-order chi connectivity index (χ1) is 11.3. The quantitative estimate of drug-likeness (QED) is 0.910. The van der Waals surface area contributed by atoms with Crippen LogP contribution in [0.4, 0.5) is 11.4 Å². The summed E-state index contributed by atoms with van der Waals surface area (Å²) >= 11 is 0. The summed E-state index contributed by atoms with van der Waals surface area (Å²) in [6, 6.07) is 12.8. The fourth-order valence-corrected chi connectivity index (χ4v) is 3.66. The average molecular weight is 344 g/mol. The third-order valence-corrected chi connectivity index (χ3v) is 5.37. The van der Waals surface area contributed by atoms with E-state index in [1.807, 2.05) is 25.1 Å². The molecular weight excluding hydrogens is 324 g/mol. The molecule has 2 aromatic carbocycles. The van der Waals surface area contributed by atoms with Crippen LogP contribution in [0.3, 0.4) is 0 Å². The van der Waals surface area contributed by atoms with Gasteiger partial charge in [0.1, 0.15) is 0 Å². The summed E-state index contributed by atoms with van der Waals surface area (Å²) in [6.45, 7) is 4.28. The SMILES string of the molecule is CC(=O)N1c2ccc(-c3ccc(S(C)(=O)=O)cc3)cc2NCC1C. The summed E-state index contributed by atoms with van der Waals surface area (Å²) in [7, 11) is -3.20. The molecule has 1 unspecified atom stereocenters. The predicted molar refractivity (Wildman–Crippen MR) is 96.1 cm³/mol. The Balaban J connectivity index is 1.99. The maximum Gasteiger partial charge on any atom is 0.224 e. The highest BCUT2D eigenvalue weighted by Crippen LogP contribution is 2.35. The van der Waals surface area contributed by atoms with E-state index in [4.69, 9.17) is 0 Å². The van der Waals surface area contributed by atoms with Gasteiger partial charge in [0.05, 0.1) is 22.3 Å². The van der Waals surface area contributed by atoms with E-state index in [1.54, 1.807) is 36.1 Å². The predicted octanol–water partition coefficient (Wildman–Crippen LogP) is 2.92. The molecule has 5 nitrogen and oxygen atoms in total. The summed E-state index contributed by atoms with van der Waals surface area (Å²) < 4.78 is 23.1. The van der Waals surface area contributed by atoms with Gasteiger partial charge < -0.3 is 10.2 Å². The molecule has 0 bridgehead atoms. The minimum atomic E-state index is -3.20. The van der Waals surface area contributed by atoms with Gasteiger partial charge in [0, 0.05) is 19.7 Å².